The van der Waals surface area contributed by atoms with Crippen LogP contribution in [0.3, 0.4) is 0 Å². The lowest BCUT2D eigenvalue weighted by molar-refractivity contribution is -0.123. The predicted octanol–water partition coefficient (Wildman–Crippen LogP) is 4.08. The molecule has 0 unspecified atom stereocenters. The van der Waals surface area contributed by atoms with Crippen molar-refractivity contribution in [3.63, 3.8) is 0 Å². The van der Waals surface area contributed by atoms with Crippen LogP contribution in [0.5, 0.6) is 0 Å². The minimum absolute atomic E-state index is 0.0508. The molecule has 0 saturated carbocycles. The summed E-state index contributed by atoms with van der Waals surface area (Å²) in [6.45, 7) is 0.851. The molecule has 174 valence electrons. The van der Waals surface area contributed by atoms with Crippen molar-refractivity contribution in [2.75, 3.05) is 29.9 Å². The van der Waals surface area contributed by atoms with Gasteiger partial charge in [0.25, 0.3) is 11.8 Å². The molecule has 5 rings (SSSR count). The average Bonchev–Trinajstić information content (AvgIpc) is 3.49. The van der Waals surface area contributed by atoms with E-state index in [1.807, 2.05) is 0 Å². The molecule has 0 radical (unpaired) electrons. The van der Waals surface area contributed by atoms with E-state index in [0.717, 1.165) is 24.6 Å². The molecule has 0 aromatic heterocycles. The van der Waals surface area contributed by atoms with Gasteiger partial charge in [-0.3, -0.25) is 24.2 Å². The van der Waals surface area contributed by atoms with Crippen molar-refractivity contribution >= 4 is 74.6 Å². The Morgan fingerprint density at radius 3 is 2.74 bits per heavy atom. The lowest BCUT2D eigenvalue weighted by atomic mass is 10.1. The van der Waals surface area contributed by atoms with Crippen LogP contribution in [0, 0.1) is 0 Å². The van der Waals surface area contributed by atoms with E-state index in [9.17, 15) is 14.4 Å². The van der Waals surface area contributed by atoms with Crippen molar-refractivity contribution in [1.82, 2.24) is 4.90 Å². The third kappa shape index (κ3) is 4.36. The number of nitrogens with zero attached hydrogens (tertiary/aromatic N) is 2. The Bertz CT molecular complexity index is 1240. The molecule has 7 nitrogen and oxygen atoms in total. The Hall–Kier alpha value is -2.72. The molecular formula is C24H20ClN3O4S2. The molecule has 10 heteroatoms. The molecule has 3 aliphatic heterocycles. The number of anilines is 2. The minimum Gasteiger partial charge on any atom is -0.376 e. The number of amides is 3. The van der Waals surface area contributed by atoms with Gasteiger partial charge in [0.1, 0.15) is 10.9 Å². The number of benzene rings is 2. The Kier molecular flexibility index (Phi) is 6.44. The monoisotopic (exact) mass is 513 g/mol. The maximum atomic E-state index is 13.5. The van der Waals surface area contributed by atoms with Crippen LogP contribution >= 0.6 is 35.6 Å². The van der Waals surface area contributed by atoms with Gasteiger partial charge >= 0.3 is 0 Å². The Balaban J connectivity index is 1.41. The maximum absolute atomic E-state index is 13.5. The van der Waals surface area contributed by atoms with E-state index in [1.54, 1.807) is 48.5 Å². The van der Waals surface area contributed by atoms with Gasteiger partial charge in [-0.1, -0.05) is 59.8 Å². The van der Waals surface area contributed by atoms with E-state index < -0.39 is 5.91 Å². The van der Waals surface area contributed by atoms with Crippen molar-refractivity contribution in [1.29, 1.82) is 0 Å². The number of carbonyl (C=O) groups excluding carboxylic acids is 3. The van der Waals surface area contributed by atoms with Gasteiger partial charge in [-0.25, -0.2) is 0 Å². The second-order valence-electron chi connectivity index (χ2n) is 8.09. The van der Waals surface area contributed by atoms with Crippen LogP contribution in [0.4, 0.5) is 11.4 Å². The van der Waals surface area contributed by atoms with E-state index >= 15 is 0 Å². The number of thiocarbonyl (C=S) groups is 1. The summed E-state index contributed by atoms with van der Waals surface area (Å²) < 4.78 is 6.07. The summed E-state index contributed by atoms with van der Waals surface area (Å²) in [7, 11) is 0. The van der Waals surface area contributed by atoms with Crippen molar-refractivity contribution in [2.24, 2.45) is 0 Å². The number of ether oxygens (including phenoxy) is 1. The van der Waals surface area contributed by atoms with Crippen LogP contribution in [-0.4, -0.2) is 52.7 Å². The Morgan fingerprint density at radius 2 is 1.97 bits per heavy atom. The van der Waals surface area contributed by atoms with Crippen molar-refractivity contribution in [3.05, 3.63) is 64.0 Å². The third-order valence-electron chi connectivity index (χ3n) is 5.82. The van der Waals surface area contributed by atoms with Gasteiger partial charge in [-0.05, 0) is 37.1 Å². The van der Waals surface area contributed by atoms with Gasteiger partial charge in [0, 0.05) is 22.9 Å². The fourth-order valence-corrected chi connectivity index (χ4v) is 5.80. The highest BCUT2D eigenvalue weighted by atomic mass is 35.5. The van der Waals surface area contributed by atoms with E-state index in [-0.39, 0.29) is 34.9 Å². The number of nitrogens with one attached hydrogen (secondary N) is 1. The number of rotatable bonds is 5. The quantitative estimate of drug-likeness (QED) is 0.479. The molecule has 2 saturated heterocycles. The molecular weight excluding hydrogens is 494 g/mol. The molecule has 3 amide bonds. The van der Waals surface area contributed by atoms with E-state index in [0.29, 0.717) is 39.4 Å². The van der Waals surface area contributed by atoms with Crippen LogP contribution in [0.15, 0.2) is 53.4 Å². The number of hydrogen-bond acceptors (Lipinski definition) is 6. The second-order valence-corrected chi connectivity index (χ2v) is 10.2. The van der Waals surface area contributed by atoms with Crippen molar-refractivity contribution in [2.45, 2.75) is 18.9 Å². The maximum Gasteiger partial charge on any atom is 0.267 e. The summed E-state index contributed by atoms with van der Waals surface area (Å²) in [6, 6.07) is 13.9. The molecule has 2 aromatic carbocycles. The topological polar surface area (TPSA) is 79.0 Å². The fourth-order valence-electron chi connectivity index (χ4n) is 4.27. The van der Waals surface area contributed by atoms with Crippen LogP contribution in [-0.2, 0) is 19.1 Å². The average molecular weight is 514 g/mol. The van der Waals surface area contributed by atoms with Crippen LogP contribution in [0.25, 0.3) is 5.57 Å². The first-order valence-corrected chi connectivity index (χ1v) is 12.4. The summed E-state index contributed by atoms with van der Waals surface area (Å²) >= 11 is 12.6. The summed E-state index contributed by atoms with van der Waals surface area (Å²) in [5.41, 5.74) is 2.00. The van der Waals surface area contributed by atoms with Crippen molar-refractivity contribution in [3.8, 4) is 0 Å². The van der Waals surface area contributed by atoms with Crippen molar-refractivity contribution < 1.29 is 19.1 Å². The van der Waals surface area contributed by atoms with Crippen LogP contribution < -0.4 is 10.2 Å². The molecule has 2 aromatic rings. The largest absolute Gasteiger partial charge is 0.376 e. The van der Waals surface area contributed by atoms with Gasteiger partial charge in [0.15, 0.2) is 0 Å². The molecule has 1 atom stereocenters. The number of halogens is 1. The molecule has 0 aliphatic carbocycles. The summed E-state index contributed by atoms with van der Waals surface area (Å²) in [5, 5.41) is 3.25. The second kappa shape index (κ2) is 9.50. The standard InChI is InChI=1S/C24H20ClN3O4S2/c25-14-5-3-6-15(11-14)26-19(29)13-27-18-9-2-1-8-17(18)20(22(27)30)21-23(31)28(24(33)34-21)12-16-7-4-10-32-16/h1-3,5-6,8-9,11,16H,4,7,10,12-13H2,(H,26,29)/b21-20-/t16-/m0/s1. The van der Waals surface area contributed by atoms with Gasteiger partial charge in [-0.15, -0.1) is 0 Å². The summed E-state index contributed by atoms with van der Waals surface area (Å²) in [4.78, 5) is 42.7. The summed E-state index contributed by atoms with van der Waals surface area (Å²) in [5.74, 6) is -1.08. The highest BCUT2D eigenvalue weighted by Gasteiger charge is 2.43. The van der Waals surface area contributed by atoms with Crippen LogP contribution in [0.1, 0.15) is 18.4 Å². The number of para-hydroxylation sites is 1. The van der Waals surface area contributed by atoms with Crippen LogP contribution in [0.2, 0.25) is 5.02 Å². The highest BCUT2D eigenvalue weighted by molar-refractivity contribution is 8.26. The zero-order valence-electron chi connectivity index (χ0n) is 18.0. The normalized spacial score (nSPS) is 22.0. The first-order valence-electron chi connectivity index (χ1n) is 10.8. The molecule has 2 fully saturated rings. The zero-order valence-corrected chi connectivity index (χ0v) is 20.3. The van der Waals surface area contributed by atoms with E-state index in [2.05, 4.69) is 5.32 Å². The molecule has 0 bridgehead atoms. The number of fused-ring (bicyclic) bond motifs is 1. The SMILES string of the molecule is O=C(CN1C(=O)/C(=C2\SC(=S)N(C[C@@H]3CCCO3)C2=O)c2ccccc21)Nc1cccc(Cl)c1. The lowest BCUT2D eigenvalue weighted by Gasteiger charge is -2.18. The Labute approximate surface area is 211 Å². The van der Waals surface area contributed by atoms with Gasteiger partial charge in [0.05, 0.1) is 28.8 Å². The first kappa shape index (κ1) is 23.0. The lowest BCUT2D eigenvalue weighted by Crippen LogP contribution is -2.36. The summed E-state index contributed by atoms with van der Waals surface area (Å²) in [6.07, 6.45) is 1.78. The number of carbonyl (C=O) groups is 3. The van der Waals surface area contributed by atoms with Gasteiger partial charge in [-0.2, -0.15) is 0 Å². The fraction of sp³-hybridized carbons (Fsp3) is 0.250. The first-order chi connectivity index (χ1) is 16.4. The van der Waals surface area contributed by atoms with E-state index in [4.69, 9.17) is 28.6 Å². The minimum atomic E-state index is -0.403. The molecule has 1 N–H and O–H groups in total. The molecule has 3 heterocycles. The van der Waals surface area contributed by atoms with E-state index in [1.165, 1.54) is 9.80 Å². The van der Waals surface area contributed by atoms with Gasteiger partial charge < -0.3 is 10.1 Å². The van der Waals surface area contributed by atoms with Gasteiger partial charge in [0.2, 0.25) is 5.91 Å². The Morgan fingerprint density at radius 1 is 1.15 bits per heavy atom. The third-order valence-corrected chi connectivity index (χ3v) is 7.50. The molecule has 3 aliphatic rings. The molecule has 0 spiro atoms. The molecule has 34 heavy (non-hydrogen) atoms. The predicted molar refractivity (Wildman–Crippen MR) is 137 cm³/mol. The number of hydrogen-bond donors (Lipinski definition) is 1. The number of thioether (sulfide) groups is 1. The zero-order chi connectivity index (χ0) is 23.8. The highest BCUT2D eigenvalue weighted by Crippen LogP contribution is 2.44. The smallest absolute Gasteiger partial charge is 0.267 e.